The molecule has 25 heavy (non-hydrogen) atoms. The van der Waals surface area contributed by atoms with E-state index in [-0.39, 0.29) is 22.4 Å². The smallest absolute Gasteiger partial charge is 0.317 e. The SMILES string of the molecule is CC(C)(C)NC(=O)N1CCC(CNS(=O)(=O)c2cccc(Cl)c2)CC1. The van der Waals surface area contributed by atoms with E-state index in [0.717, 1.165) is 12.8 Å². The van der Waals surface area contributed by atoms with Gasteiger partial charge in [0.15, 0.2) is 0 Å². The van der Waals surface area contributed by atoms with Gasteiger partial charge in [-0.25, -0.2) is 17.9 Å². The molecule has 1 aliphatic heterocycles. The lowest BCUT2D eigenvalue weighted by Gasteiger charge is -2.34. The summed E-state index contributed by atoms with van der Waals surface area (Å²) in [6, 6.07) is 6.14. The molecule has 1 aliphatic rings. The summed E-state index contributed by atoms with van der Waals surface area (Å²) >= 11 is 5.86. The van der Waals surface area contributed by atoms with E-state index in [2.05, 4.69) is 10.0 Å². The van der Waals surface area contributed by atoms with Gasteiger partial charge in [-0.05, 0) is 57.7 Å². The summed E-state index contributed by atoms with van der Waals surface area (Å²) in [6.07, 6.45) is 1.55. The number of amides is 2. The lowest BCUT2D eigenvalue weighted by Crippen LogP contribution is -2.51. The van der Waals surface area contributed by atoms with E-state index in [1.54, 1.807) is 17.0 Å². The Kier molecular flexibility index (Phi) is 6.35. The van der Waals surface area contributed by atoms with Gasteiger partial charge in [-0.2, -0.15) is 0 Å². The molecule has 2 amide bonds. The van der Waals surface area contributed by atoms with Crippen LogP contribution in [0, 0.1) is 5.92 Å². The zero-order valence-corrected chi connectivity index (χ0v) is 16.5. The van der Waals surface area contributed by atoms with Gasteiger partial charge in [-0.1, -0.05) is 17.7 Å². The van der Waals surface area contributed by atoms with E-state index >= 15 is 0 Å². The molecule has 8 heteroatoms. The number of urea groups is 1. The van der Waals surface area contributed by atoms with Crippen molar-refractivity contribution >= 4 is 27.7 Å². The number of nitrogens with zero attached hydrogens (tertiary/aromatic N) is 1. The molecule has 0 saturated carbocycles. The fourth-order valence-corrected chi connectivity index (χ4v) is 4.10. The Bertz CT molecular complexity index is 708. The molecule has 1 heterocycles. The second kappa shape index (κ2) is 7.93. The number of sulfonamides is 1. The van der Waals surface area contributed by atoms with E-state index in [4.69, 9.17) is 11.6 Å². The Labute approximate surface area is 155 Å². The Hall–Kier alpha value is -1.31. The van der Waals surface area contributed by atoms with Crippen LogP contribution >= 0.6 is 11.6 Å². The first-order valence-electron chi connectivity index (χ1n) is 8.39. The summed E-state index contributed by atoms with van der Waals surface area (Å²) in [4.78, 5) is 14.1. The molecule has 6 nitrogen and oxygen atoms in total. The second-order valence-corrected chi connectivity index (χ2v) is 9.62. The van der Waals surface area contributed by atoms with Gasteiger partial charge in [-0.3, -0.25) is 0 Å². The van der Waals surface area contributed by atoms with Crippen LogP contribution in [0.5, 0.6) is 0 Å². The molecule has 0 aromatic heterocycles. The van der Waals surface area contributed by atoms with Crippen molar-refractivity contribution < 1.29 is 13.2 Å². The summed E-state index contributed by atoms with van der Waals surface area (Å²) in [5.41, 5.74) is -0.263. The minimum absolute atomic E-state index is 0.0644. The Morgan fingerprint density at radius 1 is 1.28 bits per heavy atom. The van der Waals surface area contributed by atoms with Crippen molar-refractivity contribution in [3.8, 4) is 0 Å². The van der Waals surface area contributed by atoms with Gasteiger partial charge >= 0.3 is 6.03 Å². The lowest BCUT2D eigenvalue weighted by molar-refractivity contribution is 0.163. The predicted molar refractivity (Wildman–Crippen MR) is 99.2 cm³/mol. The number of benzene rings is 1. The van der Waals surface area contributed by atoms with E-state index in [1.165, 1.54) is 12.1 Å². The lowest BCUT2D eigenvalue weighted by atomic mass is 9.97. The Morgan fingerprint density at radius 3 is 2.48 bits per heavy atom. The minimum Gasteiger partial charge on any atom is -0.333 e. The molecule has 1 aromatic rings. The summed E-state index contributed by atoms with van der Waals surface area (Å²) in [5, 5.41) is 3.34. The number of rotatable bonds is 4. The van der Waals surface area contributed by atoms with Gasteiger partial charge in [0, 0.05) is 30.2 Å². The highest BCUT2D eigenvalue weighted by Crippen LogP contribution is 2.19. The van der Waals surface area contributed by atoms with Crippen LogP contribution < -0.4 is 10.0 Å². The maximum atomic E-state index is 12.3. The van der Waals surface area contributed by atoms with E-state index in [9.17, 15) is 13.2 Å². The molecular formula is C17H26ClN3O3S. The monoisotopic (exact) mass is 387 g/mol. The third kappa shape index (κ3) is 6.17. The maximum Gasteiger partial charge on any atom is 0.317 e. The van der Waals surface area contributed by atoms with Crippen molar-refractivity contribution in [2.45, 2.75) is 44.0 Å². The third-order valence-electron chi connectivity index (χ3n) is 4.05. The normalized spacial score (nSPS) is 16.7. The topological polar surface area (TPSA) is 78.5 Å². The molecular weight excluding hydrogens is 362 g/mol. The zero-order valence-electron chi connectivity index (χ0n) is 14.9. The number of nitrogens with one attached hydrogen (secondary N) is 2. The number of piperidine rings is 1. The number of halogens is 1. The van der Waals surface area contributed by atoms with Crippen molar-refractivity contribution in [2.75, 3.05) is 19.6 Å². The molecule has 1 aromatic carbocycles. The molecule has 1 fully saturated rings. The molecule has 0 bridgehead atoms. The van der Waals surface area contributed by atoms with Gasteiger partial charge in [-0.15, -0.1) is 0 Å². The summed E-state index contributed by atoms with van der Waals surface area (Å²) < 4.78 is 27.3. The van der Waals surface area contributed by atoms with Gasteiger partial charge in [0.2, 0.25) is 10.0 Å². The van der Waals surface area contributed by atoms with E-state index in [1.807, 2.05) is 20.8 Å². The first-order chi connectivity index (χ1) is 11.6. The zero-order chi connectivity index (χ0) is 18.7. The quantitative estimate of drug-likeness (QED) is 0.833. The first-order valence-corrected chi connectivity index (χ1v) is 10.3. The van der Waals surface area contributed by atoms with Crippen molar-refractivity contribution in [3.63, 3.8) is 0 Å². The molecule has 0 unspecified atom stereocenters. The van der Waals surface area contributed by atoms with Crippen LogP contribution in [0.15, 0.2) is 29.2 Å². The van der Waals surface area contributed by atoms with Crippen molar-refractivity contribution in [1.82, 2.24) is 14.9 Å². The van der Waals surface area contributed by atoms with Crippen molar-refractivity contribution in [2.24, 2.45) is 5.92 Å². The number of hydrogen-bond donors (Lipinski definition) is 2. The molecule has 2 N–H and O–H groups in total. The van der Waals surface area contributed by atoms with Gasteiger partial charge in [0.25, 0.3) is 0 Å². The first kappa shape index (κ1) is 20.0. The average Bonchev–Trinajstić information content (AvgIpc) is 2.52. The summed E-state index contributed by atoms with van der Waals surface area (Å²) in [7, 11) is -3.56. The number of carbonyl (C=O) groups excluding carboxylic acids is 1. The van der Waals surface area contributed by atoms with Crippen LogP contribution in [0.2, 0.25) is 5.02 Å². The molecule has 0 atom stereocenters. The average molecular weight is 388 g/mol. The van der Waals surface area contributed by atoms with Crippen molar-refractivity contribution in [3.05, 3.63) is 29.3 Å². The minimum atomic E-state index is -3.56. The largest absolute Gasteiger partial charge is 0.333 e. The number of likely N-dealkylation sites (tertiary alicyclic amines) is 1. The highest BCUT2D eigenvalue weighted by molar-refractivity contribution is 7.89. The molecule has 0 radical (unpaired) electrons. The van der Waals surface area contributed by atoms with Gasteiger partial charge in [0.1, 0.15) is 0 Å². The number of carbonyl (C=O) groups is 1. The van der Waals surface area contributed by atoms with Crippen LogP contribution in [0.4, 0.5) is 4.79 Å². The second-order valence-electron chi connectivity index (χ2n) is 7.42. The number of hydrogen-bond acceptors (Lipinski definition) is 3. The molecule has 0 spiro atoms. The summed E-state index contributed by atoms with van der Waals surface area (Å²) in [6.45, 7) is 7.47. The fraction of sp³-hybridized carbons (Fsp3) is 0.588. The van der Waals surface area contributed by atoms with E-state index < -0.39 is 10.0 Å². The van der Waals surface area contributed by atoms with Crippen LogP contribution in [0.3, 0.4) is 0 Å². The van der Waals surface area contributed by atoms with Crippen LogP contribution in [-0.4, -0.2) is 44.5 Å². The third-order valence-corrected chi connectivity index (χ3v) is 5.71. The molecule has 2 rings (SSSR count). The van der Waals surface area contributed by atoms with Gasteiger partial charge < -0.3 is 10.2 Å². The highest BCUT2D eigenvalue weighted by Gasteiger charge is 2.26. The van der Waals surface area contributed by atoms with Crippen LogP contribution in [0.1, 0.15) is 33.6 Å². The van der Waals surface area contributed by atoms with Crippen molar-refractivity contribution in [1.29, 1.82) is 0 Å². The molecule has 0 aliphatic carbocycles. The summed E-state index contributed by atoms with van der Waals surface area (Å²) in [5.74, 6) is 0.215. The van der Waals surface area contributed by atoms with Crippen LogP contribution in [-0.2, 0) is 10.0 Å². The predicted octanol–water partition coefficient (Wildman–Crippen LogP) is 2.84. The standard InChI is InChI=1S/C17H26ClN3O3S/c1-17(2,3)20-16(22)21-9-7-13(8-10-21)12-19-25(23,24)15-6-4-5-14(18)11-15/h4-6,11,13,19H,7-10,12H2,1-3H3,(H,20,22). The molecule has 1 saturated heterocycles. The van der Waals surface area contributed by atoms with Gasteiger partial charge in [0.05, 0.1) is 4.90 Å². The Balaban J connectivity index is 1.83. The fourth-order valence-electron chi connectivity index (χ4n) is 2.69. The van der Waals surface area contributed by atoms with Crippen LogP contribution in [0.25, 0.3) is 0 Å². The maximum absolute atomic E-state index is 12.3. The highest BCUT2D eigenvalue weighted by atomic mass is 35.5. The molecule has 140 valence electrons. The Morgan fingerprint density at radius 2 is 1.92 bits per heavy atom. The van der Waals surface area contributed by atoms with E-state index in [0.29, 0.717) is 24.7 Å².